The molecule has 0 aromatic carbocycles. The lowest BCUT2D eigenvalue weighted by molar-refractivity contribution is -0.0169. The topological polar surface area (TPSA) is 32.5 Å². The molecule has 2 rings (SSSR count). The predicted octanol–water partition coefficient (Wildman–Crippen LogP) is 2.70. The Hall–Kier alpha value is -0.120. The lowest BCUT2D eigenvalue weighted by atomic mass is 9.67. The molecule has 1 atom stereocenters. The molecule has 3 nitrogen and oxygen atoms in total. The Morgan fingerprint density at radius 2 is 1.85 bits per heavy atom. The molecule has 0 radical (unpaired) electrons. The third-order valence-electron chi connectivity index (χ3n) is 5.98. The van der Waals surface area contributed by atoms with Gasteiger partial charge in [-0.2, -0.15) is 0 Å². The molecule has 0 spiro atoms. The minimum Gasteiger partial charge on any atom is -0.329 e. The molecular formula is C17H35N3. The quantitative estimate of drug-likeness (QED) is 0.860. The Morgan fingerprint density at radius 3 is 2.35 bits per heavy atom. The second kappa shape index (κ2) is 6.33. The summed E-state index contributed by atoms with van der Waals surface area (Å²) in [6.45, 7) is 11.7. The molecule has 1 unspecified atom stereocenters. The summed E-state index contributed by atoms with van der Waals surface area (Å²) < 4.78 is 0. The Morgan fingerprint density at radius 1 is 1.20 bits per heavy atom. The average Bonchev–Trinajstić information content (AvgIpc) is 2.45. The van der Waals surface area contributed by atoms with Gasteiger partial charge in [0.05, 0.1) is 0 Å². The first-order chi connectivity index (χ1) is 9.42. The molecular weight excluding hydrogens is 246 g/mol. The molecule has 1 heterocycles. The van der Waals surface area contributed by atoms with Crippen molar-refractivity contribution in [3.63, 3.8) is 0 Å². The standard InChI is InChI=1S/C17H35N3/c1-5-20-11-7-15(8-12-20)19(4)17(14-18)10-6-9-16(2,3)13-17/h15H,5-14,18H2,1-4H3. The summed E-state index contributed by atoms with van der Waals surface area (Å²) in [6.07, 6.45) is 7.87. The number of rotatable bonds is 4. The molecule has 3 heteroatoms. The van der Waals surface area contributed by atoms with Crippen molar-refractivity contribution in [3.05, 3.63) is 0 Å². The summed E-state index contributed by atoms with van der Waals surface area (Å²) in [5.74, 6) is 0. The maximum atomic E-state index is 6.27. The van der Waals surface area contributed by atoms with Crippen molar-refractivity contribution in [1.29, 1.82) is 0 Å². The van der Waals surface area contributed by atoms with Gasteiger partial charge in [-0.05, 0) is 64.2 Å². The van der Waals surface area contributed by atoms with E-state index in [-0.39, 0.29) is 5.54 Å². The number of hydrogen-bond donors (Lipinski definition) is 1. The molecule has 2 N–H and O–H groups in total. The molecule has 2 aliphatic rings. The highest BCUT2D eigenvalue weighted by Crippen LogP contribution is 2.44. The van der Waals surface area contributed by atoms with Gasteiger partial charge in [-0.15, -0.1) is 0 Å². The molecule has 0 aromatic heterocycles. The highest BCUT2D eigenvalue weighted by Gasteiger charge is 2.44. The second-order valence-electron chi connectivity index (χ2n) is 7.90. The fraction of sp³-hybridized carbons (Fsp3) is 1.00. The zero-order valence-electron chi connectivity index (χ0n) is 14.1. The Bertz CT molecular complexity index is 307. The number of nitrogens with two attached hydrogens (primary N) is 1. The van der Waals surface area contributed by atoms with E-state index in [1.165, 1.54) is 58.2 Å². The molecule has 20 heavy (non-hydrogen) atoms. The molecule has 118 valence electrons. The first kappa shape index (κ1) is 16.3. The van der Waals surface area contributed by atoms with E-state index in [2.05, 4.69) is 37.6 Å². The minimum absolute atomic E-state index is 0.251. The van der Waals surface area contributed by atoms with Crippen LogP contribution in [0.15, 0.2) is 0 Å². The van der Waals surface area contributed by atoms with E-state index in [0.29, 0.717) is 5.41 Å². The summed E-state index contributed by atoms with van der Waals surface area (Å²) in [5.41, 5.74) is 6.97. The van der Waals surface area contributed by atoms with E-state index in [0.717, 1.165) is 12.6 Å². The Kier molecular flexibility index (Phi) is 5.14. The first-order valence-corrected chi connectivity index (χ1v) is 8.58. The van der Waals surface area contributed by atoms with E-state index < -0.39 is 0 Å². The fourth-order valence-electron chi connectivity index (χ4n) is 4.59. The zero-order valence-corrected chi connectivity index (χ0v) is 14.1. The molecule has 0 bridgehead atoms. The zero-order chi connectivity index (χ0) is 14.8. The molecule has 2 fully saturated rings. The van der Waals surface area contributed by atoms with Crippen LogP contribution in [-0.4, -0.2) is 54.6 Å². The van der Waals surface area contributed by atoms with Gasteiger partial charge in [0.1, 0.15) is 0 Å². The SMILES string of the molecule is CCN1CCC(N(C)C2(CN)CCCC(C)(C)C2)CC1. The predicted molar refractivity (Wildman–Crippen MR) is 86.9 cm³/mol. The van der Waals surface area contributed by atoms with Gasteiger partial charge in [-0.25, -0.2) is 0 Å². The van der Waals surface area contributed by atoms with E-state index in [1.54, 1.807) is 0 Å². The minimum atomic E-state index is 0.251. The van der Waals surface area contributed by atoms with Crippen molar-refractivity contribution in [2.24, 2.45) is 11.1 Å². The third kappa shape index (κ3) is 3.37. The summed E-state index contributed by atoms with van der Waals surface area (Å²) in [5, 5.41) is 0. The molecule has 1 aliphatic carbocycles. The van der Waals surface area contributed by atoms with Crippen LogP contribution < -0.4 is 5.73 Å². The Labute approximate surface area is 125 Å². The third-order valence-corrected chi connectivity index (χ3v) is 5.98. The number of likely N-dealkylation sites (tertiary alicyclic amines) is 1. The van der Waals surface area contributed by atoms with Crippen LogP contribution in [-0.2, 0) is 0 Å². The van der Waals surface area contributed by atoms with Crippen LogP contribution >= 0.6 is 0 Å². The van der Waals surface area contributed by atoms with Crippen molar-refractivity contribution in [3.8, 4) is 0 Å². The smallest absolute Gasteiger partial charge is 0.0336 e. The van der Waals surface area contributed by atoms with Crippen LogP contribution in [0.1, 0.15) is 59.3 Å². The van der Waals surface area contributed by atoms with Gasteiger partial charge >= 0.3 is 0 Å². The Balaban J connectivity index is 2.03. The normalized spacial score (nSPS) is 32.7. The maximum absolute atomic E-state index is 6.27. The summed E-state index contributed by atoms with van der Waals surface area (Å²) >= 11 is 0. The summed E-state index contributed by atoms with van der Waals surface area (Å²) in [6, 6.07) is 0.732. The molecule has 1 saturated heterocycles. The maximum Gasteiger partial charge on any atom is 0.0336 e. The highest BCUT2D eigenvalue weighted by molar-refractivity contribution is 5.00. The summed E-state index contributed by atoms with van der Waals surface area (Å²) in [4.78, 5) is 5.26. The number of nitrogens with zero attached hydrogens (tertiary/aromatic N) is 2. The fourth-order valence-corrected chi connectivity index (χ4v) is 4.59. The van der Waals surface area contributed by atoms with Gasteiger partial charge in [0.25, 0.3) is 0 Å². The van der Waals surface area contributed by atoms with Crippen molar-refractivity contribution in [2.75, 3.05) is 33.2 Å². The van der Waals surface area contributed by atoms with Crippen LogP contribution in [0, 0.1) is 5.41 Å². The van der Waals surface area contributed by atoms with Crippen LogP contribution in [0.2, 0.25) is 0 Å². The van der Waals surface area contributed by atoms with E-state index in [1.807, 2.05) is 0 Å². The van der Waals surface area contributed by atoms with Crippen molar-refractivity contribution in [1.82, 2.24) is 9.80 Å². The number of piperidine rings is 1. The van der Waals surface area contributed by atoms with Gasteiger partial charge in [-0.1, -0.05) is 27.2 Å². The second-order valence-corrected chi connectivity index (χ2v) is 7.90. The van der Waals surface area contributed by atoms with Crippen LogP contribution in [0.3, 0.4) is 0 Å². The lowest BCUT2D eigenvalue weighted by Crippen LogP contribution is -2.60. The monoisotopic (exact) mass is 281 g/mol. The van der Waals surface area contributed by atoms with Gasteiger partial charge < -0.3 is 10.6 Å². The number of likely N-dealkylation sites (N-methyl/N-ethyl adjacent to an activating group) is 1. The average molecular weight is 281 g/mol. The lowest BCUT2D eigenvalue weighted by Gasteiger charge is -2.53. The largest absolute Gasteiger partial charge is 0.329 e. The van der Waals surface area contributed by atoms with E-state index in [4.69, 9.17) is 5.73 Å². The van der Waals surface area contributed by atoms with Crippen LogP contribution in [0.5, 0.6) is 0 Å². The molecule has 0 amide bonds. The van der Waals surface area contributed by atoms with E-state index >= 15 is 0 Å². The van der Waals surface area contributed by atoms with Crippen LogP contribution in [0.4, 0.5) is 0 Å². The summed E-state index contributed by atoms with van der Waals surface area (Å²) in [7, 11) is 2.35. The van der Waals surface area contributed by atoms with E-state index in [9.17, 15) is 0 Å². The van der Waals surface area contributed by atoms with Gasteiger partial charge in [0.15, 0.2) is 0 Å². The first-order valence-electron chi connectivity index (χ1n) is 8.58. The van der Waals surface area contributed by atoms with Gasteiger partial charge in [0.2, 0.25) is 0 Å². The van der Waals surface area contributed by atoms with Gasteiger partial charge in [-0.3, -0.25) is 4.90 Å². The molecule has 1 saturated carbocycles. The van der Waals surface area contributed by atoms with Crippen molar-refractivity contribution in [2.45, 2.75) is 70.9 Å². The molecule has 0 aromatic rings. The highest BCUT2D eigenvalue weighted by atomic mass is 15.2. The molecule has 1 aliphatic heterocycles. The van der Waals surface area contributed by atoms with Crippen molar-refractivity contribution < 1.29 is 0 Å². The van der Waals surface area contributed by atoms with Crippen molar-refractivity contribution >= 4 is 0 Å². The van der Waals surface area contributed by atoms with Crippen LogP contribution in [0.25, 0.3) is 0 Å². The number of hydrogen-bond acceptors (Lipinski definition) is 3. The van der Waals surface area contributed by atoms with Gasteiger partial charge in [0, 0.05) is 18.1 Å².